The third-order valence-corrected chi connectivity index (χ3v) is 5.79. The highest BCUT2D eigenvalue weighted by Gasteiger charge is 2.13. The lowest BCUT2D eigenvalue weighted by atomic mass is 10.2. The highest BCUT2D eigenvalue weighted by atomic mass is 32.2. The minimum atomic E-state index is -3.27. The molecule has 0 spiro atoms. The van der Waals surface area contributed by atoms with Gasteiger partial charge in [0.1, 0.15) is 11.5 Å². The van der Waals surface area contributed by atoms with Crippen molar-refractivity contribution in [2.24, 2.45) is 0 Å². The number of benzene rings is 1. The van der Waals surface area contributed by atoms with Crippen LogP contribution >= 0.6 is 0 Å². The van der Waals surface area contributed by atoms with Crippen LogP contribution in [-0.2, 0) is 21.2 Å². The Morgan fingerprint density at radius 3 is 2.76 bits per heavy atom. The predicted molar refractivity (Wildman–Crippen MR) is 98.4 cm³/mol. The molecular formula is C18H28N2O4S. The first-order chi connectivity index (χ1) is 12.0. The summed E-state index contributed by atoms with van der Waals surface area (Å²) in [5, 5.41) is 2.61. The van der Waals surface area contributed by atoms with Crippen molar-refractivity contribution in [3.05, 3.63) is 29.8 Å². The molecule has 0 aromatic heterocycles. The molecule has 0 unspecified atom stereocenters. The Balaban J connectivity index is 1.65. The molecular weight excluding hydrogens is 340 g/mol. The summed E-state index contributed by atoms with van der Waals surface area (Å²) in [7, 11) is -3.27. The number of nitrogens with one attached hydrogen (secondary N) is 1. The fourth-order valence-corrected chi connectivity index (χ4v) is 3.48. The van der Waals surface area contributed by atoms with Crippen molar-refractivity contribution < 1.29 is 17.9 Å². The average Bonchev–Trinajstić information content (AvgIpc) is 3.07. The van der Waals surface area contributed by atoms with Crippen LogP contribution in [0.5, 0.6) is 5.75 Å². The number of rotatable bonds is 10. The van der Waals surface area contributed by atoms with Gasteiger partial charge in [-0.2, -0.15) is 0 Å². The van der Waals surface area contributed by atoms with Crippen LogP contribution in [-0.4, -0.2) is 57.0 Å². The van der Waals surface area contributed by atoms with Gasteiger partial charge in [0.05, 0.1) is 6.61 Å². The summed E-state index contributed by atoms with van der Waals surface area (Å²) < 4.78 is 28.4. The number of hydrogen-bond donors (Lipinski definition) is 1. The summed E-state index contributed by atoms with van der Waals surface area (Å²) in [5.41, 5.74) is 1.25. The van der Waals surface area contributed by atoms with Crippen LogP contribution in [0, 0.1) is 0 Å². The number of ether oxygens (including phenoxy) is 1. The zero-order chi connectivity index (χ0) is 18.1. The maximum absolute atomic E-state index is 11.5. The van der Waals surface area contributed by atoms with Crippen molar-refractivity contribution in [3.63, 3.8) is 0 Å². The van der Waals surface area contributed by atoms with Gasteiger partial charge in [0.25, 0.3) is 0 Å². The molecule has 140 valence electrons. The van der Waals surface area contributed by atoms with Crippen LogP contribution in [0.3, 0.4) is 0 Å². The number of carbonyl (C=O) groups excluding carboxylic acids is 1. The maximum atomic E-state index is 11.5. The second kappa shape index (κ2) is 9.77. The lowest BCUT2D eigenvalue weighted by Crippen LogP contribution is -2.32. The van der Waals surface area contributed by atoms with Gasteiger partial charge in [0.15, 0.2) is 9.84 Å². The summed E-state index contributed by atoms with van der Waals surface area (Å²) in [6.45, 7) is 5.71. The number of carbonyl (C=O) groups is 1. The van der Waals surface area contributed by atoms with Gasteiger partial charge in [-0.15, -0.1) is 0 Å². The highest BCUT2D eigenvalue weighted by Crippen LogP contribution is 2.17. The molecule has 0 atom stereocenters. The van der Waals surface area contributed by atoms with E-state index in [4.69, 9.17) is 4.74 Å². The quantitative estimate of drug-likeness (QED) is 0.635. The number of hydrogen-bond acceptors (Lipinski definition) is 5. The predicted octanol–water partition coefficient (Wildman–Crippen LogP) is 1.60. The SMILES string of the molecule is CCS(=O)(=O)CC(=O)NCCCOc1cccc(CN2CCCC2)c1. The first kappa shape index (κ1) is 19.7. The molecule has 1 N–H and O–H groups in total. The van der Waals surface area contributed by atoms with E-state index in [9.17, 15) is 13.2 Å². The fraction of sp³-hybridized carbons (Fsp3) is 0.611. The Hall–Kier alpha value is -1.60. The molecule has 6 nitrogen and oxygen atoms in total. The minimum absolute atomic E-state index is 0.0166. The normalized spacial score (nSPS) is 15.2. The summed E-state index contributed by atoms with van der Waals surface area (Å²) in [4.78, 5) is 14.0. The zero-order valence-electron chi connectivity index (χ0n) is 14.9. The Bertz CT molecular complexity index is 655. The monoisotopic (exact) mass is 368 g/mol. The van der Waals surface area contributed by atoms with Gasteiger partial charge < -0.3 is 10.1 Å². The van der Waals surface area contributed by atoms with Gasteiger partial charge in [-0.25, -0.2) is 8.42 Å². The van der Waals surface area contributed by atoms with Crippen LogP contribution in [0.4, 0.5) is 0 Å². The molecule has 1 saturated heterocycles. The summed E-state index contributed by atoms with van der Waals surface area (Å²) in [6, 6.07) is 8.10. The average molecular weight is 368 g/mol. The van der Waals surface area contributed by atoms with Gasteiger partial charge in [-0.1, -0.05) is 19.1 Å². The Kier molecular flexibility index (Phi) is 7.71. The van der Waals surface area contributed by atoms with Crippen LogP contribution in [0.2, 0.25) is 0 Å². The number of nitrogens with zero attached hydrogens (tertiary/aromatic N) is 1. The van der Waals surface area contributed by atoms with Crippen molar-refractivity contribution in [1.29, 1.82) is 0 Å². The topological polar surface area (TPSA) is 75.7 Å². The van der Waals surface area contributed by atoms with Gasteiger partial charge >= 0.3 is 0 Å². The molecule has 0 radical (unpaired) electrons. The van der Waals surface area contributed by atoms with Gasteiger partial charge in [-0.05, 0) is 50.0 Å². The van der Waals surface area contributed by atoms with E-state index in [1.165, 1.54) is 38.4 Å². The largest absolute Gasteiger partial charge is 0.494 e. The smallest absolute Gasteiger partial charge is 0.235 e. The first-order valence-corrected chi connectivity index (χ1v) is 10.7. The molecule has 1 aromatic rings. The summed E-state index contributed by atoms with van der Waals surface area (Å²) in [5.74, 6) is -0.0775. The third-order valence-electron chi connectivity index (χ3n) is 4.21. The van der Waals surface area contributed by atoms with E-state index in [1.54, 1.807) is 0 Å². The van der Waals surface area contributed by atoms with Crippen LogP contribution in [0.1, 0.15) is 31.7 Å². The molecule has 0 saturated carbocycles. The summed E-state index contributed by atoms with van der Waals surface area (Å²) in [6.07, 6.45) is 3.19. The zero-order valence-corrected chi connectivity index (χ0v) is 15.7. The van der Waals surface area contributed by atoms with Crippen LogP contribution in [0.25, 0.3) is 0 Å². The van der Waals surface area contributed by atoms with Crippen molar-refractivity contribution in [3.8, 4) is 5.75 Å². The van der Waals surface area contributed by atoms with E-state index >= 15 is 0 Å². The molecule has 25 heavy (non-hydrogen) atoms. The van der Waals surface area contributed by atoms with E-state index in [0.717, 1.165) is 12.3 Å². The molecule has 1 fully saturated rings. The Labute approximate surface area is 150 Å². The number of amides is 1. The Morgan fingerprint density at radius 2 is 2.04 bits per heavy atom. The Morgan fingerprint density at radius 1 is 1.28 bits per heavy atom. The molecule has 1 heterocycles. The second-order valence-corrected chi connectivity index (χ2v) is 8.71. The van der Waals surface area contributed by atoms with E-state index < -0.39 is 21.5 Å². The van der Waals surface area contributed by atoms with Crippen molar-refractivity contribution in [1.82, 2.24) is 10.2 Å². The van der Waals surface area contributed by atoms with E-state index in [-0.39, 0.29) is 5.75 Å². The lowest BCUT2D eigenvalue weighted by molar-refractivity contribution is -0.118. The minimum Gasteiger partial charge on any atom is -0.494 e. The molecule has 1 aliphatic heterocycles. The van der Waals surface area contributed by atoms with E-state index in [2.05, 4.69) is 22.3 Å². The summed E-state index contributed by atoms with van der Waals surface area (Å²) >= 11 is 0. The molecule has 1 amide bonds. The molecule has 0 aliphatic carbocycles. The molecule has 0 bridgehead atoms. The van der Waals surface area contributed by atoms with E-state index in [1.807, 2.05) is 12.1 Å². The fourth-order valence-electron chi connectivity index (χ4n) is 2.78. The maximum Gasteiger partial charge on any atom is 0.235 e. The van der Waals surface area contributed by atoms with Crippen LogP contribution in [0.15, 0.2) is 24.3 Å². The van der Waals surface area contributed by atoms with Crippen molar-refractivity contribution >= 4 is 15.7 Å². The van der Waals surface area contributed by atoms with Gasteiger partial charge in [0.2, 0.25) is 5.91 Å². The second-order valence-electron chi connectivity index (χ2n) is 6.36. The van der Waals surface area contributed by atoms with E-state index in [0.29, 0.717) is 19.6 Å². The standard InChI is InChI=1S/C18H28N2O4S/c1-2-25(22,23)15-18(21)19-9-6-12-24-17-8-5-7-16(13-17)14-20-10-3-4-11-20/h5,7-8,13H,2-4,6,9-12,14-15H2,1H3,(H,19,21). The molecule has 1 aromatic carbocycles. The van der Waals surface area contributed by atoms with Gasteiger partial charge in [0, 0.05) is 18.8 Å². The number of sulfone groups is 1. The highest BCUT2D eigenvalue weighted by molar-refractivity contribution is 7.92. The first-order valence-electron chi connectivity index (χ1n) is 8.90. The molecule has 1 aliphatic rings. The van der Waals surface area contributed by atoms with Gasteiger partial charge in [-0.3, -0.25) is 9.69 Å². The molecule has 7 heteroatoms. The number of likely N-dealkylation sites (tertiary alicyclic amines) is 1. The van der Waals surface area contributed by atoms with Crippen molar-refractivity contribution in [2.45, 2.75) is 32.7 Å². The molecule has 2 rings (SSSR count). The van der Waals surface area contributed by atoms with Crippen LogP contribution < -0.4 is 10.1 Å². The lowest BCUT2D eigenvalue weighted by Gasteiger charge is -2.15. The third kappa shape index (κ3) is 7.44. The van der Waals surface area contributed by atoms with Crippen molar-refractivity contribution in [2.75, 3.05) is 37.7 Å².